The van der Waals surface area contributed by atoms with Gasteiger partial charge in [0.15, 0.2) is 0 Å². The highest BCUT2D eigenvalue weighted by Gasteiger charge is 2.39. The van der Waals surface area contributed by atoms with Crippen LogP contribution in [-0.4, -0.2) is 43.7 Å². The quantitative estimate of drug-likeness (QED) is 0.844. The van der Waals surface area contributed by atoms with Gasteiger partial charge in [-0.1, -0.05) is 30.3 Å². The van der Waals surface area contributed by atoms with Crippen molar-refractivity contribution >= 4 is 5.91 Å². The number of carbonyl (C=O) groups is 1. The molecule has 1 saturated heterocycles. The molecule has 0 aromatic heterocycles. The largest absolute Gasteiger partial charge is 0.375 e. The van der Waals surface area contributed by atoms with Crippen molar-refractivity contribution in [1.29, 1.82) is 0 Å². The molecule has 3 rings (SSSR count). The monoisotopic (exact) mass is 275 g/mol. The Morgan fingerprint density at radius 3 is 2.70 bits per heavy atom. The molecule has 1 aliphatic heterocycles. The van der Waals surface area contributed by atoms with E-state index in [4.69, 9.17) is 9.47 Å². The summed E-state index contributed by atoms with van der Waals surface area (Å²) < 4.78 is 11.2. The number of ether oxygens (including phenoxy) is 2. The molecular formula is C16H21NO3. The fourth-order valence-corrected chi connectivity index (χ4v) is 2.79. The molecule has 2 fully saturated rings. The smallest absolute Gasteiger partial charge is 0.248 e. The van der Waals surface area contributed by atoms with Gasteiger partial charge in [0.25, 0.3) is 0 Å². The highest BCUT2D eigenvalue weighted by molar-refractivity contribution is 5.77. The van der Waals surface area contributed by atoms with Crippen LogP contribution in [0.15, 0.2) is 30.3 Å². The molecule has 4 nitrogen and oxygen atoms in total. The summed E-state index contributed by atoms with van der Waals surface area (Å²) in [5, 5.41) is 0. The SMILES string of the molecule is COCC(=O)N1C[C@@H](c2ccccc2)O[C@@H](C2CC2)C1. The lowest BCUT2D eigenvalue weighted by Crippen LogP contribution is -2.48. The minimum Gasteiger partial charge on any atom is -0.375 e. The van der Waals surface area contributed by atoms with E-state index < -0.39 is 0 Å². The van der Waals surface area contributed by atoms with Crippen LogP contribution in [0.1, 0.15) is 24.5 Å². The first-order valence-corrected chi connectivity index (χ1v) is 7.25. The first-order valence-electron chi connectivity index (χ1n) is 7.25. The number of carbonyl (C=O) groups excluding carboxylic acids is 1. The average Bonchev–Trinajstić information content (AvgIpc) is 3.33. The minimum atomic E-state index is -0.0173. The number of hydrogen-bond donors (Lipinski definition) is 0. The van der Waals surface area contributed by atoms with Crippen LogP contribution in [0.25, 0.3) is 0 Å². The number of morpholine rings is 1. The third-order valence-corrected chi connectivity index (χ3v) is 4.07. The van der Waals surface area contributed by atoms with E-state index in [0.29, 0.717) is 19.0 Å². The molecule has 4 heteroatoms. The van der Waals surface area contributed by atoms with Gasteiger partial charge < -0.3 is 14.4 Å². The summed E-state index contributed by atoms with van der Waals surface area (Å²) in [6, 6.07) is 10.2. The summed E-state index contributed by atoms with van der Waals surface area (Å²) in [4.78, 5) is 14.0. The van der Waals surface area contributed by atoms with Crippen LogP contribution < -0.4 is 0 Å². The number of nitrogens with zero attached hydrogens (tertiary/aromatic N) is 1. The Hall–Kier alpha value is -1.39. The van der Waals surface area contributed by atoms with Gasteiger partial charge in [-0.15, -0.1) is 0 Å². The first kappa shape index (κ1) is 13.6. The fraction of sp³-hybridized carbons (Fsp3) is 0.562. The van der Waals surface area contributed by atoms with E-state index in [9.17, 15) is 4.79 Å². The molecule has 1 heterocycles. The summed E-state index contributed by atoms with van der Waals surface area (Å²) in [6.45, 7) is 1.48. The lowest BCUT2D eigenvalue weighted by Gasteiger charge is -2.38. The molecule has 0 unspecified atom stereocenters. The summed E-state index contributed by atoms with van der Waals surface area (Å²) in [6.07, 6.45) is 2.60. The van der Waals surface area contributed by atoms with E-state index in [-0.39, 0.29) is 24.7 Å². The predicted molar refractivity (Wildman–Crippen MR) is 75.2 cm³/mol. The maximum Gasteiger partial charge on any atom is 0.248 e. The molecule has 1 saturated carbocycles. The molecule has 0 N–H and O–H groups in total. The molecular weight excluding hydrogens is 254 g/mol. The third-order valence-electron chi connectivity index (χ3n) is 4.07. The van der Waals surface area contributed by atoms with Crippen LogP contribution in [-0.2, 0) is 14.3 Å². The standard InChI is InChI=1S/C16H21NO3/c1-19-11-16(18)17-9-14(12-5-3-2-4-6-12)20-15(10-17)13-7-8-13/h2-6,13-15H,7-11H2,1H3/t14-,15+/m0/s1. The second-order valence-corrected chi connectivity index (χ2v) is 5.64. The van der Waals surface area contributed by atoms with Gasteiger partial charge >= 0.3 is 0 Å². The number of methoxy groups -OCH3 is 1. The molecule has 1 aliphatic carbocycles. The zero-order valence-electron chi connectivity index (χ0n) is 11.8. The first-order chi connectivity index (χ1) is 9.78. The fourth-order valence-electron chi connectivity index (χ4n) is 2.79. The number of rotatable bonds is 4. The Kier molecular flexibility index (Phi) is 4.03. The third kappa shape index (κ3) is 3.02. The Morgan fingerprint density at radius 1 is 1.30 bits per heavy atom. The molecule has 2 aliphatic rings. The van der Waals surface area contributed by atoms with E-state index in [0.717, 1.165) is 5.56 Å². The Labute approximate surface area is 119 Å². The Morgan fingerprint density at radius 2 is 2.05 bits per heavy atom. The van der Waals surface area contributed by atoms with E-state index in [2.05, 4.69) is 12.1 Å². The van der Waals surface area contributed by atoms with Gasteiger partial charge in [0, 0.05) is 13.7 Å². The van der Waals surface area contributed by atoms with Crippen molar-refractivity contribution in [3.8, 4) is 0 Å². The highest BCUT2D eigenvalue weighted by atomic mass is 16.5. The van der Waals surface area contributed by atoms with E-state index >= 15 is 0 Å². The van der Waals surface area contributed by atoms with Crippen LogP contribution in [0.3, 0.4) is 0 Å². The van der Waals surface area contributed by atoms with Gasteiger partial charge in [-0.2, -0.15) is 0 Å². The second-order valence-electron chi connectivity index (χ2n) is 5.64. The van der Waals surface area contributed by atoms with Gasteiger partial charge in [-0.05, 0) is 24.3 Å². The zero-order chi connectivity index (χ0) is 13.9. The van der Waals surface area contributed by atoms with Gasteiger partial charge in [-0.25, -0.2) is 0 Å². The van der Waals surface area contributed by atoms with Crippen molar-refractivity contribution in [2.24, 2.45) is 5.92 Å². The van der Waals surface area contributed by atoms with Crippen molar-refractivity contribution in [3.63, 3.8) is 0 Å². The lowest BCUT2D eigenvalue weighted by atomic mass is 10.0. The normalized spacial score (nSPS) is 26.6. The topological polar surface area (TPSA) is 38.8 Å². The summed E-state index contributed by atoms with van der Waals surface area (Å²) >= 11 is 0. The maximum absolute atomic E-state index is 12.1. The molecule has 2 atom stereocenters. The zero-order valence-corrected chi connectivity index (χ0v) is 11.8. The Balaban J connectivity index is 1.74. The highest BCUT2D eigenvalue weighted by Crippen LogP contribution is 2.39. The van der Waals surface area contributed by atoms with Gasteiger partial charge in [-0.3, -0.25) is 4.79 Å². The summed E-state index contributed by atoms with van der Waals surface area (Å²) in [7, 11) is 1.56. The molecule has 0 radical (unpaired) electrons. The van der Waals surface area contributed by atoms with E-state index in [1.165, 1.54) is 12.8 Å². The average molecular weight is 275 g/mol. The van der Waals surface area contributed by atoms with Crippen molar-refractivity contribution in [3.05, 3.63) is 35.9 Å². The molecule has 1 aromatic rings. The number of amides is 1. The summed E-state index contributed by atoms with van der Waals surface area (Å²) in [5.74, 6) is 0.682. The molecule has 108 valence electrons. The van der Waals surface area contributed by atoms with E-state index in [1.807, 2.05) is 23.1 Å². The van der Waals surface area contributed by atoms with Crippen molar-refractivity contribution < 1.29 is 14.3 Å². The second kappa shape index (κ2) is 5.94. The van der Waals surface area contributed by atoms with Crippen molar-refractivity contribution in [1.82, 2.24) is 4.90 Å². The molecule has 20 heavy (non-hydrogen) atoms. The predicted octanol–water partition coefficient (Wildman–Crippen LogP) is 2.01. The van der Waals surface area contributed by atoms with Crippen molar-refractivity contribution in [2.75, 3.05) is 26.8 Å². The maximum atomic E-state index is 12.1. The Bertz CT molecular complexity index is 458. The van der Waals surface area contributed by atoms with Gasteiger partial charge in [0.2, 0.25) is 5.91 Å². The van der Waals surface area contributed by atoms with Crippen molar-refractivity contribution in [2.45, 2.75) is 25.0 Å². The van der Waals surface area contributed by atoms with Crippen LogP contribution >= 0.6 is 0 Å². The molecule has 0 spiro atoms. The molecule has 1 amide bonds. The van der Waals surface area contributed by atoms with Gasteiger partial charge in [0.1, 0.15) is 12.7 Å². The minimum absolute atomic E-state index is 0.0173. The van der Waals surface area contributed by atoms with Crippen LogP contribution in [0.4, 0.5) is 0 Å². The van der Waals surface area contributed by atoms with Gasteiger partial charge in [0.05, 0.1) is 12.6 Å². The van der Waals surface area contributed by atoms with Crippen LogP contribution in [0.5, 0.6) is 0 Å². The number of benzene rings is 1. The van der Waals surface area contributed by atoms with E-state index in [1.54, 1.807) is 7.11 Å². The number of hydrogen-bond acceptors (Lipinski definition) is 3. The summed E-state index contributed by atoms with van der Waals surface area (Å²) in [5.41, 5.74) is 1.15. The lowest BCUT2D eigenvalue weighted by molar-refractivity contribution is -0.151. The molecule has 0 bridgehead atoms. The van der Waals surface area contributed by atoms with Crippen LogP contribution in [0.2, 0.25) is 0 Å². The van der Waals surface area contributed by atoms with Crippen LogP contribution in [0, 0.1) is 5.92 Å². The molecule has 1 aromatic carbocycles.